The van der Waals surface area contributed by atoms with E-state index in [1.165, 1.54) is 21.6 Å². The van der Waals surface area contributed by atoms with Gasteiger partial charge in [0.25, 0.3) is 0 Å². The molecule has 0 aliphatic carbocycles. The van der Waals surface area contributed by atoms with Crippen LogP contribution in [0.5, 0.6) is 0 Å². The summed E-state index contributed by atoms with van der Waals surface area (Å²) in [4.78, 5) is 10.9. The molecule has 0 saturated carbocycles. The summed E-state index contributed by atoms with van der Waals surface area (Å²) in [5.74, 6) is 0.757. The van der Waals surface area contributed by atoms with Gasteiger partial charge in [-0.15, -0.1) is 11.3 Å². The molecular weight excluding hydrogens is 292 g/mol. The smallest absolute Gasteiger partial charge is 0.158 e. The SMILES string of the molecule is Cc1ccc(C=NNc2ncnc3sc(C)c(C)c23)c(C)c1. The number of thiophene rings is 1. The summed E-state index contributed by atoms with van der Waals surface area (Å²) in [5, 5.41) is 5.40. The summed E-state index contributed by atoms with van der Waals surface area (Å²) in [6, 6.07) is 6.31. The van der Waals surface area contributed by atoms with Crippen LogP contribution in [0.1, 0.15) is 27.1 Å². The zero-order valence-corrected chi connectivity index (χ0v) is 14.0. The summed E-state index contributed by atoms with van der Waals surface area (Å²) >= 11 is 1.68. The Morgan fingerprint density at radius 2 is 1.95 bits per heavy atom. The number of benzene rings is 1. The van der Waals surface area contributed by atoms with Gasteiger partial charge in [0, 0.05) is 4.88 Å². The molecule has 1 aromatic carbocycles. The van der Waals surface area contributed by atoms with Crippen LogP contribution < -0.4 is 5.43 Å². The predicted octanol–water partition coefficient (Wildman–Crippen LogP) is 4.37. The number of fused-ring (bicyclic) bond motifs is 1. The molecule has 0 aliphatic rings. The number of nitrogens with one attached hydrogen (secondary N) is 1. The molecule has 1 N–H and O–H groups in total. The molecule has 3 rings (SSSR count). The quantitative estimate of drug-likeness (QED) is 0.577. The van der Waals surface area contributed by atoms with Gasteiger partial charge in [0.05, 0.1) is 11.6 Å². The average Bonchev–Trinajstić information content (AvgIpc) is 2.77. The lowest BCUT2D eigenvalue weighted by atomic mass is 10.1. The van der Waals surface area contributed by atoms with Gasteiger partial charge in [0.2, 0.25) is 0 Å². The van der Waals surface area contributed by atoms with E-state index in [0.29, 0.717) is 0 Å². The first-order chi connectivity index (χ1) is 10.6. The second-order valence-electron chi connectivity index (χ2n) is 5.42. The van der Waals surface area contributed by atoms with E-state index in [2.05, 4.69) is 66.4 Å². The van der Waals surface area contributed by atoms with Crippen LogP contribution in [-0.4, -0.2) is 16.2 Å². The molecule has 112 valence electrons. The van der Waals surface area contributed by atoms with E-state index in [9.17, 15) is 0 Å². The van der Waals surface area contributed by atoms with Crippen molar-refractivity contribution < 1.29 is 0 Å². The fourth-order valence-corrected chi connectivity index (χ4v) is 3.40. The minimum atomic E-state index is 0.757. The number of hydrogen-bond acceptors (Lipinski definition) is 5. The van der Waals surface area contributed by atoms with Crippen molar-refractivity contribution in [3.63, 3.8) is 0 Å². The summed E-state index contributed by atoms with van der Waals surface area (Å²) in [7, 11) is 0. The third kappa shape index (κ3) is 2.72. The number of anilines is 1. The molecule has 0 bridgehead atoms. The van der Waals surface area contributed by atoms with Crippen LogP contribution in [0.15, 0.2) is 29.6 Å². The van der Waals surface area contributed by atoms with Gasteiger partial charge < -0.3 is 0 Å². The lowest BCUT2D eigenvalue weighted by Gasteiger charge is -2.03. The predicted molar refractivity (Wildman–Crippen MR) is 94.0 cm³/mol. The third-order valence-electron chi connectivity index (χ3n) is 3.76. The Morgan fingerprint density at radius 1 is 1.14 bits per heavy atom. The maximum Gasteiger partial charge on any atom is 0.158 e. The van der Waals surface area contributed by atoms with Crippen LogP contribution in [-0.2, 0) is 0 Å². The summed E-state index contributed by atoms with van der Waals surface area (Å²) < 4.78 is 0. The molecule has 2 aromatic heterocycles. The second kappa shape index (κ2) is 5.85. The van der Waals surface area contributed by atoms with Crippen molar-refractivity contribution in [1.82, 2.24) is 9.97 Å². The van der Waals surface area contributed by atoms with E-state index < -0.39 is 0 Å². The van der Waals surface area contributed by atoms with Crippen molar-refractivity contribution in [2.45, 2.75) is 27.7 Å². The van der Waals surface area contributed by atoms with Crippen LogP contribution in [0.3, 0.4) is 0 Å². The van der Waals surface area contributed by atoms with Crippen molar-refractivity contribution in [2.75, 3.05) is 5.43 Å². The van der Waals surface area contributed by atoms with Gasteiger partial charge in [0.1, 0.15) is 11.2 Å². The highest BCUT2D eigenvalue weighted by Crippen LogP contribution is 2.32. The van der Waals surface area contributed by atoms with Gasteiger partial charge in [-0.1, -0.05) is 23.8 Å². The van der Waals surface area contributed by atoms with E-state index in [1.807, 2.05) is 6.21 Å². The normalized spacial score (nSPS) is 11.5. The van der Waals surface area contributed by atoms with Gasteiger partial charge in [-0.25, -0.2) is 9.97 Å². The maximum atomic E-state index is 4.34. The van der Waals surface area contributed by atoms with E-state index in [1.54, 1.807) is 17.7 Å². The van der Waals surface area contributed by atoms with Crippen molar-refractivity contribution >= 4 is 33.6 Å². The van der Waals surface area contributed by atoms with Crippen LogP contribution in [0, 0.1) is 27.7 Å². The Balaban J connectivity index is 1.89. The number of aromatic nitrogens is 2. The van der Waals surface area contributed by atoms with E-state index in [-0.39, 0.29) is 0 Å². The van der Waals surface area contributed by atoms with Gasteiger partial charge in [-0.3, -0.25) is 5.43 Å². The number of hydrazone groups is 1. The molecule has 0 atom stereocenters. The first kappa shape index (κ1) is 14.7. The molecular formula is C17H18N4S. The molecule has 0 aliphatic heterocycles. The Kier molecular flexibility index (Phi) is 3.90. The highest BCUT2D eigenvalue weighted by atomic mass is 32.1. The average molecular weight is 310 g/mol. The second-order valence-corrected chi connectivity index (χ2v) is 6.62. The Bertz CT molecular complexity index is 864. The molecule has 0 radical (unpaired) electrons. The van der Waals surface area contributed by atoms with Crippen molar-refractivity contribution in [1.29, 1.82) is 0 Å². The van der Waals surface area contributed by atoms with Gasteiger partial charge in [-0.2, -0.15) is 5.10 Å². The van der Waals surface area contributed by atoms with Crippen molar-refractivity contribution in [3.8, 4) is 0 Å². The standard InChI is InChI=1S/C17H18N4S/c1-10-5-6-14(11(2)7-10)8-20-21-16-15-12(3)13(4)22-17(15)19-9-18-16/h5-9H,1-4H3,(H,18,19,21). The first-order valence-corrected chi connectivity index (χ1v) is 7.95. The lowest BCUT2D eigenvalue weighted by Crippen LogP contribution is -1.96. The largest absolute Gasteiger partial charge is 0.261 e. The van der Waals surface area contributed by atoms with Gasteiger partial charge >= 0.3 is 0 Å². The van der Waals surface area contributed by atoms with E-state index in [4.69, 9.17) is 0 Å². The van der Waals surface area contributed by atoms with Crippen molar-refractivity contribution in [3.05, 3.63) is 51.7 Å². The highest BCUT2D eigenvalue weighted by Gasteiger charge is 2.11. The number of rotatable bonds is 3. The van der Waals surface area contributed by atoms with Crippen LogP contribution >= 0.6 is 11.3 Å². The number of hydrogen-bond donors (Lipinski definition) is 1. The fourth-order valence-electron chi connectivity index (χ4n) is 2.40. The zero-order valence-electron chi connectivity index (χ0n) is 13.1. The minimum absolute atomic E-state index is 0.757. The lowest BCUT2D eigenvalue weighted by molar-refractivity contribution is 1.19. The van der Waals surface area contributed by atoms with Gasteiger partial charge in [0.15, 0.2) is 5.82 Å². The Morgan fingerprint density at radius 3 is 2.73 bits per heavy atom. The summed E-state index contributed by atoms with van der Waals surface area (Å²) in [5.41, 5.74) is 7.83. The number of aryl methyl sites for hydroxylation is 4. The third-order valence-corrected chi connectivity index (χ3v) is 4.88. The van der Waals surface area contributed by atoms with Crippen LogP contribution in [0.4, 0.5) is 5.82 Å². The molecule has 2 heterocycles. The molecule has 0 spiro atoms. The Labute approximate surface area is 133 Å². The molecule has 0 fully saturated rings. The zero-order chi connectivity index (χ0) is 15.7. The maximum absolute atomic E-state index is 4.34. The molecule has 0 amide bonds. The number of nitrogens with zero attached hydrogens (tertiary/aromatic N) is 3. The minimum Gasteiger partial charge on any atom is -0.261 e. The molecule has 22 heavy (non-hydrogen) atoms. The molecule has 0 unspecified atom stereocenters. The summed E-state index contributed by atoms with van der Waals surface area (Å²) in [6.45, 7) is 8.37. The Hall–Kier alpha value is -2.27. The summed E-state index contributed by atoms with van der Waals surface area (Å²) in [6.07, 6.45) is 3.41. The highest BCUT2D eigenvalue weighted by molar-refractivity contribution is 7.18. The van der Waals surface area contributed by atoms with Crippen LogP contribution in [0.2, 0.25) is 0 Å². The molecule has 4 nitrogen and oxygen atoms in total. The van der Waals surface area contributed by atoms with Crippen LogP contribution in [0.25, 0.3) is 10.2 Å². The van der Waals surface area contributed by atoms with E-state index >= 15 is 0 Å². The monoisotopic (exact) mass is 310 g/mol. The molecule has 3 aromatic rings. The molecule has 5 heteroatoms. The topological polar surface area (TPSA) is 50.2 Å². The molecule has 0 saturated heterocycles. The van der Waals surface area contributed by atoms with Crippen molar-refractivity contribution in [2.24, 2.45) is 5.10 Å². The fraction of sp³-hybridized carbons (Fsp3) is 0.235. The van der Waals surface area contributed by atoms with E-state index in [0.717, 1.165) is 21.6 Å². The van der Waals surface area contributed by atoms with Gasteiger partial charge in [-0.05, 0) is 44.4 Å². The first-order valence-electron chi connectivity index (χ1n) is 7.13.